The van der Waals surface area contributed by atoms with E-state index in [1.54, 1.807) is 0 Å². The molecule has 0 radical (unpaired) electrons. The van der Waals surface area contributed by atoms with Crippen molar-refractivity contribution in [2.75, 3.05) is 26.2 Å². The van der Waals surface area contributed by atoms with Crippen molar-refractivity contribution in [3.05, 3.63) is 0 Å². The van der Waals surface area contributed by atoms with Crippen LogP contribution in [-0.4, -0.2) is 48.3 Å². The third-order valence-corrected chi connectivity index (χ3v) is 2.83. The van der Waals surface area contributed by atoms with Crippen LogP contribution in [0.2, 0.25) is 0 Å². The fraction of sp³-hybridized carbons (Fsp3) is 1.00. The van der Waals surface area contributed by atoms with Gasteiger partial charge in [-0.25, -0.2) is 0 Å². The van der Waals surface area contributed by atoms with Crippen LogP contribution >= 0.6 is 0 Å². The average molecular weight is 170 g/mol. The van der Waals surface area contributed by atoms with Gasteiger partial charge in [-0.15, -0.1) is 0 Å². The first-order valence-electron chi connectivity index (χ1n) is 4.98. The number of hydrogen-bond donors (Lipinski definition) is 2. The Kier molecular flexibility index (Phi) is 2.63. The van der Waals surface area contributed by atoms with Gasteiger partial charge < -0.3 is 10.4 Å². The molecule has 2 N–H and O–H groups in total. The number of hydrogen-bond acceptors (Lipinski definition) is 3. The second-order valence-electron chi connectivity index (χ2n) is 3.89. The van der Waals surface area contributed by atoms with Gasteiger partial charge in [-0.3, -0.25) is 4.90 Å². The summed E-state index contributed by atoms with van der Waals surface area (Å²) in [5.41, 5.74) is 0. The minimum atomic E-state index is 0.264. The summed E-state index contributed by atoms with van der Waals surface area (Å²) in [5.74, 6) is 0. The van der Waals surface area contributed by atoms with Crippen molar-refractivity contribution in [2.45, 2.75) is 31.3 Å². The summed E-state index contributed by atoms with van der Waals surface area (Å²) in [4.78, 5) is 2.58. The van der Waals surface area contributed by atoms with Gasteiger partial charge in [0.1, 0.15) is 0 Å². The van der Waals surface area contributed by atoms with Gasteiger partial charge >= 0.3 is 0 Å². The van der Waals surface area contributed by atoms with Gasteiger partial charge in [-0.05, 0) is 19.3 Å². The summed E-state index contributed by atoms with van der Waals surface area (Å²) in [6.07, 6.45) is 4.08. The molecule has 3 nitrogen and oxygen atoms in total. The minimum absolute atomic E-state index is 0.264. The lowest BCUT2D eigenvalue weighted by atomic mass is 10.3. The predicted octanol–water partition coefficient (Wildman–Crippen LogP) is -0.195. The highest BCUT2D eigenvalue weighted by Crippen LogP contribution is 2.29. The minimum Gasteiger partial charge on any atom is -0.395 e. The van der Waals surface area contributed by atoms with Crippen molar-refractivity contribution in [1.82, 2.24) is 10.2 Å². The Morgan fingerprint density at radius 1 is 1.33 bits per heavy atom. The van der Waals surface area contributed by atoms with Gasteiger partial charge in [0.15, 0.2) is 0 Å². The van der Waals surface area contributed by atoms with Gasteiger partial charge in [0.2, 0.25) is 0 Å². The molecule has 1 heterocycles. The summed E-state index contributed by atoms with van der Waals surface area (Å²) in [7, 11) is 0. The van der Waals surface area contributed by atoms with Crippen molar-refractivity contribution in [3.8, 4) is 0 Å². The summed E-state index contributed by atoms with van der Waals surface area (Å²) in [6, 6.07) is 1.55. The summed E-state index contributed by atoms with van der Waals surface area (Å²) < 4.78 is 0. The molecule has 2 aliphatic rings. The van der Waals surface area contributed by atoms with E-state index >= 15 is 0 Å². The molecule has 1 aliphatic carbocycles. The zero-order valence-corrected chi connectivity index (χ0v) is 7.50. The first-order valence-corrected chi connectivity index (χ1v) is 4.98. The fourth-order valence-electron chi connectivity index (χ4n) is 1.99. The second kappa shape index (κ2) is 3.73. The SMILES string of the molecule is OCCNC1CCN(C2CC2)C1. The zero-order valence-electron chi connectivity index (χ0n) is 7.50. The molecular weight excluding hydrogens is 152 g/mol. The van der Waals surface area contributed by atoms with Gasteiger partial charge in [0.25, 0.3) is 0 Å². The molecule has 12 heavy (non-hydrogen) atoms. The topological polar surface area (TPSA) is 35.5 Å². The van der Waals surface area contributed by atoms with Crippen LogP contribution in [0.4, 0.5) is 0 Å². The molecule has 0 aromatic rings. The zero-order chi connectivity index (χ0) is 8.39. The van der Waals surface area contributed by atoms with Crippen molar-refractivity contribution >= 4 is 0 Å². The molecule has 70 valence electrons. The Hall–Kier alpha value is -0.120. The molecule has 3 heteroatoms. The lowest BCUT2D eigenvalue weighted by Crippen LogP contribution is -2.34. The second-order valence-corrected chi connectivity index (χ2v) is 3.89. The molecule has 0 aromatic heterocycles. The highest BCUT2D eigenvalue weighted by molar-refractivity contribution is 4.91. The summed E-state index contributed by atoms with van der Waals surface area (Å²) in [6.45, 7) is 3.47. The van der Waals surface area contributed by atoms with Crippen molar-refractivity contribution in [3.63, 3.8) is 0 Å². The first-order chi connectivity index (χ1) is 5.90. The Labute approximate surface area is 73.8 Å². The Morgan fingerprint density at radius 2 is 2.17 bits per heavy atom. The number of aliphatic hydroxyl groups excluding tert-OH is 1. The number of nitrogens with one attached hydrogen (secondary N) is 1. The maximum absolute atomic E-state index is 8.64. The number of aliphatic hydroxyl groups is 1. The van der Waals surface area contributed by atoms with E-state index < -0.39 is 0 Å². The Morgan fingerprint density at radius 3 is 2.83 bits per heavy atom. The van der Waals surface area contributed by atoms with E-state index in [2.05, 4.69) is 10.2 Å². The van der Waals surface area contributed by atoms with E-state index in [9.17, 15) is 0 Å². The third kappa shape index (κ3) is 1.97. The maximum Gasteiger partial charge on any atom is 0.0556 e. The van der Waals surface area contributed by atoms with Gasteiger partial charge in [0, 0.05) is 31.7 Å². The summed E-state index contributed by atoms with van der Waals surface area (Å²) in [5, 5.41) is 12.0. The van der Waals surface area contributed by atoms with Crippen molar-refractivity contribution in [2.24, 2.45) is 0 Å². The van der Waals surface area contributed by atoms with E-state index in [-0.39, 0.29) is 6.61 Å². The van der Waals surface area contributed by atoms with Crippen LogP contribution in [0.15, 0.2) is 0 Å². The first kappa shape index (κ1) is 8.48. The third-order valence-electron chi connectivity index (χ3n) is 2.83. The standard InChI is InChI=1S/C9H18N2O/c12-6-4-10-8-3-5-11(7-8)9-1-2-9/h8-10,12H,1-7H2. The average Bonchev–Trinajstić information content (AvgIpc) is 2.83. The highest BCUT2D eigenvalue weighted by atomic mass is 16.3. The lowest BCUT2D eigenvalue weighted by Gasteiger charge is -2.15. The monoisotopic (exact) mass is 170 g/mol. The molecule has 0 amide bonds. The molecule has 1 saturated carbocycles. The van der Waals surface area contributed by atoms with Gasteiger partial charge in [-0.1, -0.05) is 0 Å². The van der Waals surface area contributed by atoms with E-state index in [0.29, 0.717) is 6.04 Å². The van der Waals surface area contributed by atoms with Crippen LogP contribution in [-0.2, 0) is 0 Å². The molecule has 1 unspecified atom stereocenters. The van der Waals surface area contributed by atoms with Crippen LogP contribution < -0.4 is 5.32 Å². The van der Waals surface area contributed by atoms with E-state index in [4.69, 9.17) is 5.11 Å². The van der Waals surface area contributed by atoms with E-state index in [1.165, 1.54) is 32.4 Å². The number of rotatable bonds is 4. The number of likely N-dealkylation sites (tertiary alicyclic amines) is 1. The van der Waals surface area contributed by atoms with Crippen molar-refractivity contribution in [1.29, 1.82) is 0 Å². The fourth-order valence-corrected chi connectivity index (χ4v) is 1.99. The van der Waals surface area contributed by atoms with Crippen LogP contribution in [0.3, 0.4) is 0 Å². The Balaban J connectivity index is 1.67. The molecule has 1 atom stereocenters. The van der Waals surface area contributed by atoms with Crippen LogP contribution in [0, 0.1) is 0 Å². The Bertz CT molecular complexity index is 147. The van der Waals surface area contributed by atoms with E-state index in [1.807, 2.05) is 0 Å². The van der Waals surface area contributed by atoms with E-state index in [0.717, 1.165) is 12.6 Å². The molecular formula is C9H18N2O. The highest BCUT2D eigenvalue weighted by Gasteiger charge is 2.33. The smallest absolute Gasteiger partial charge is 0.0556 e. The van der Waals surface area contributed by atoms with Crippen molar-refractivity contribution < 1.29 is 5.11 Å². The van der Waals surface area contributed by atoms with Crippen LogP contribution in [0.5, 0.6) is 0 Å². The van der Waals surface area contributed by atoms with Gasteiger partial charge in [-0.2, -0.15) is 0 Å². The lowest BCUT2D eigenvalue weighted by molar-refractivity contribution is 0.278. The molecule has 2 rings (SSSR count). The quantitative estimate of drug-likeness (QED) is 0.613. The van der Waals surface area contributed by atoms with Crippen LogP contribution in [0.25, 0.3) is 0 Å². The van der Waals surface area contributed by atoms with Crippen LogP contribution in [0.1, 0.15) is 19.3 Å². The van der Waals surface area contributed by atoms with Gasteiger partial charge in [0.05, 0.1) is 6.61 Å². The molecule has 0 aromatic carbocycles. The molecule has 0 bridgehead atoms. The molecule has 0 spiro atoms. The largest absolute Gasteiger partial charge is 0.395 e. The molecule has 1 saturated heterocycles. The summed E-state index contributed by atoms with van der Waals surface area (Å²) >= 11 is 0. The number of nitrogens with zero attached hydrogens (tertiary/aromatic N) is 1. The predicted molar refractivity (Wildman–Crippen MR) is 48.1 cm³/mol. The maximum atomic E-state index is 8.64. The molecule has 2 fully saturated rings. The normalized spacial score (nSPS) is 31.2. The molecule has 1 aliphatic heterocycles.